The van der Waals surface area contributed by atoms with Crippen LogP contribution in [0, 0.1) is 0 Å². The summed E-state index contributed by atoms with van der Waals surface area (Å²) in [5, 5.41) is 2.89. The van der Waals surface area contributed by atoms with Crippen molar-refractivity contribution in [2.24, 2.45) is 0 Å². The summed E-state index contributed by atoms with van der Waals surface area (Å²) in [5.41, 5.74) is 2.15. The number of carbonyl (C=O) groups excluding carboxylic acids is 1. The Balaban J connectivity index is 0.00000576. The van der Waals surface area contributed by atoms with Gasteiger partial charge >= 0.3 is 29.6 Å². The van der Waals surface area contributed by atoms with Gasteiger partial charge < -0.3 is 5.32 Å². The van der Waals surface area contributed by atoms with Crippen molar-refractivity contribution in [2.75, 3.05) is 5.32 Å². The van der Waals surface area contributed by atoms with E-state index in [1.807, 2.05) is 18.2 Å². The Bertz CT molecular complexity index is 473. The zero-order valence-electron chi connectivity index (χ0n) is 15.5. The van der Waals surface area contributed by atoms with Crippen LogP contribution in [-0.4, -0.2) is 35.5 Å². The SMILES string of the molecule is C=CC(=O)Nc1ccccc1CCCCCCCCCCCCC.[NaH]. The Morgan fingerprint density at radius 2 is 1.44 bits per heavy atom. The summed E-state index contributed by atoms with van der Waals surface area (Å²) in [7, 11) is 0. The van der Waals surface area contributed by atoms with Crippen LogP contribution >= 0.6 is 0 Å². The Morgan fingerprint density at radius 3 is 2.00 bits per heavy atom. The van der Waals surface area contributed by atoms with Gasteiger partial charge in [-0.2, -0.15) is 0 Å². The molecule has 1 aromatic rings. The van der Waals surface area contributed by atoms with Crippen molar-refractivity contribution < 1.29 is 4.79 Å². The predicted molar refractivity (Wildman–Crippen MR) is 113 cm³/mol. The summed E-state index contributed by atoms with van der Waals surface area (Å²) >= 11 is 0. The second-order valence-corrected chi connectivity index (χ2v) is 6.64. The molecule has 2 nitrogen and oxygen atoms in total. The van der Waals surface area contributed by atoms with Gasteiger partial charge in [0.2, 0.25) is 5.91 Å². The number of para-hydroxylation sites is 1. The van der Waals surface area contributed by atoms with Gasteiger partial charge in [0, 0.05) is 5.69 Å². The predicted octanol–water partition coefficient (Wildman–Crippen LogP) is 6.02. The van der Waals surface area contributed by atoms with Crippen molar-refractivity contribution >= 4 is 41.2 Å². The summed E-state index contributed by atoms with van der Waals surface area (Å²) in [5.74, 6) is -0.138. The van der Waals surface area contributed by atoms with E-state index in [-0.39, 0.29) is 35.5 Å². The molecular formula is C22H36NNaO. The Hall–Kier alpha value is -0.570. The first-order valence-corrected chi connectivity index (χ1v) is 9.79. The molecule has 25 heavy (non-hydrogen) atoms. The molecule has 0 heterocycles. The molecule has 0 saturated heterocycles. The van der Waals surface area contributed by atoms with Crippen LogP contribution in [0.4, 0.5) is 5.69 Å². The molecule has 0 bridgehead atoms. The minimum atomic E-state index is -0.138. The number of aryl methyl sites for hydroxylation is 1. The van der Waals surface area contributed by atoms with Crippen LogP contribution in [0.2, 0.25) is 0 Å². The molecule has 136 valence electrons. The van der Waals surface area contributed by atoms with Crippen molar-refractivity contribution in [1.82, 2.24) is 0 Å². The summed E-state index contributed by atoms with van der Waals surface area (Å²) in [6.07, 6.45) is 17.3. The van der Waals surface area contributed by atoms with Crippen molar-refractivity contribution in [2.45, 2.75) is 84.0 Å². The molecule has 0 spiro atoms. The third-order valence-electron chi connectivity index (χ3n) is 4.51. The molecule has 1 rings (SSSR count). The molecule has 0 aliphatic heterocycles. The van der Waals surface area contributed by atoms with E-state index in [9.17, 15) is 4.79 Å². The maximum absolute atomic E-state index is 11.5. The minimum absolute atomic E-state index is 0. The van der Waals surface area contributed by atoms with E-state index in [1.54, 1.807) is 0 Å². The van der Waals surface area contributed by atoms with E-state index < -0.39 is 0 Å². The van der Waals surface area contributed by atoms with Gasteiger partial charge in [-0.25, -0.2) is 0 Å². The monoisotopic (exact) mass is 353 g/mol. The molecule has 0 radical (unpaired) electrons. The van der Waals surface area contributed by atoms with Gasteiger partial charge in [0.05, 0.1) is 0 Å². The van der Waals surface area contributed by atoms with Gasteiger partial charge in [-0.3, -0.25) is 4.79 Å². The first kappa shape index (κ1) is 24.4. The number of hydrogen-bond donors (Lipinski definition) is 1. The Kier molecular flexibility index (Phi) is 16.5. The van der Waals surface area contributed by atoms with E-state index in [4.69, 9.17) is 0 Å². The molecule has 0 aliphatic rings. The van der Waals surface area contributed by atoms with Gasteiger partial charge in [-0.1, -0.05) is 95.9 Å². The first-order valence-electron chi connectivity index (χ1n) is 9.79. The van der Waals surface area contributed by atoms with Gasteiger partial charge in [0.1, 0.15) is 0 Å². The number of unbranched alkanes of at least 4 members (excludes halogenated alkanes) is 10. The van der Waals surface area contributed by atoms with E-state index >= 15 is 0 Å². The third kappa shape index (κ3) is 12.4. The van der Waals surface area contributed by atoms with E-state index in [2.05, 4.69) is 24.9 Å². The second-order valence-electron chi connectivity index (χ2n) is 6.64. The number of nitrogens with one attached hydrogen (secondary N) is 1. The van der Waals surface area contributed by atoms with E-state index in [1.165, 1.54) is 82.3 Å². The number of rotatable bonds is 14. The molecule has 1 aromatic carbocycles. The van der Waals surface area contributed by atoms with Crippen molar-refractivity contribution in [3.8, 4) is 0 Å². The number of benzene rings is 1. The fourth-order valence-electron chi connectivity index (χ4n) is 3.02. The zero-order chi connectivity index (χ0) is 17.5. The van der Waals surface area contributed by atoms with E-state index in [0.29, 0.717) is 0 Å². The normalized spacial score (nSPS) is 10.1. The van der Waals surface area contributed by atoms with Crippen LogP contribution in [-0.2, 0) is 11.2 Å². The average Bonchev–Trinajstić information content (AvgIpc) is 2.60. The fraction of sp³-hybridized carbons (Fsp3) is 0.591. The van der Waals surface area contributed by atoms with Crippen molar-refractivity contribution in [3.05, 3.63) is 42.5 Å². The van der Waals surface area contributed by atoms with Crippen LogP contribution in [0.1, 0.15) is 83.1 Å². The first-order chi connectivity index (χ1) is 11.8. The van der Waals surface area contributed by atoms with E-state index in [0.717, 1.165) is 12.1 Å². The zero-order valence-corrected chi connectivity index (χ0v) is 15.5. The summed E-state index contributed by atoms with van der Waals surface area (Å²) in [6, 6.07) is 8.07. The van der Waals surface area contributed by atoms with Crippen LogP contribution < -0.4 is 5.32 Å². The van der Waals surface area contributed by atoms with Crippen LogP contribution in [0.15, 0.2) is 36.9 Å². The Morgan fingerprint density at radius 1 is 0.920 bits per heavy atom. The maximum atomic E-state index is 11.5. The van der Waals surface area contributed by atoms with Crippen LogP contribution in [0.5, 0.6) is 0 Å². The van der Waals surface area contributed by atoms with Crippen molar-refractivity contribution in [1.29, 1.82) is 0 Å². The second kappa shape index (κ2) is 16.9. The number of carbonyl (C=O) groups is 1. The average molecular weight is 354 g/mol. The van der Waals surface area contributed by atoms with Gasteiger partial charge in [0.15, 0.2) is 0 Å². The summed E-state index contributed by atoms with van der Waals surface area (Å²) in [6.45, 7) is 5.78. The van der Waals surface area contributed by atoms with Crippen LogP contribution in [0.25, 0.3) is 0 Å². The fourth-order valence-corrected chi connectivity index (χ4v) is 3.02. The van der Waals surface area contributed by atoms with Gasteiger partial charge in [0.25, 0.3) is 0 Å². The number of hydrogen-bond acceptors (Lipinski definition) is 1. The quantitative estimate of drug-likeness (QED) is 0.247. The van der Waals surface area contributed by atoms with Gasteiger partial charge in [-0.15, -0.1) is 0 Å². The third-order valence-corrected chi connectivity index (χ3v) is 4.51. The number of amides is 1. The molecule has 0 aliphatic carbocycles. The van der Waals surface area contributed by atoms with Gasteiger partial charge in [-0.05, 0) is 30.5 Å². The number of anilines is 1. The Labute approximate surface area is 177 Å². The molecule has 0 aromatic heterocycles. The molecule has 0 atom stereocenters. The topological polar surface area (TPSA) is 29.1 Å². The molecule has 1 amide bonds. The van der Waals surface area contributed by atoms with Crippen molar-refractivity contribution in [3.63, 3.8) is 0 Å². The molecule has 1 N–H and O–H groups in total. The molecule has 0 saturated carbocycles. The molecular weight excluding hydrogens is 317 g/mol. The van der Waals surface area contributed by atoms with Crippen LogP contribution in [0.3, 0.4) is 0 Å². The molecule has 3 heteroatoms. The summed E-state index contributed by atoms with van der Waals surface area (Å²) in [4.78, 5) is 11.5. The molecule has 0 unspecified atom stereocenters. The standard InChI is InChI=1S/C22H35NO.Na.H/c1-3-5-6-7-8-9-10-11-12-13-14-17-20-18-15-16-19-21(20)23-22(24)4-2;;/h4,15-16,18-19H,2-3,5-14,17H2,1H3,(H,23,24);;. The molecule has 0 fully saturated rings. The summed E-state index contributed by atoms with van der Waals surface area (Å²) < 4.78 is 0.